The number of benzene rings is 2. The largest absolute Gasteiger partial charge is 0.481 e. The van der Waals surface area contributed by atoms with Crippen LogP contribution in [-0.4, -0.2) is 33.7 Å². The van der Waals surface area contributed by atoms with Gasteiger partial charge in [0.05, 0.1) is 11.8 Å². The number of carboxylic acids is 2. The number of hydrogen-bond acceptors (Lipinski definition) is 4. The standard InChI is InChI=1S/2C11H12O3/c2*1-8(11(13)14)7-10(12)9-5-3-2-4-6-9/h2*2-6,8H,7H2,1H3,(H,13,14)/t2*8-/m10/s1. The zero-order valence-electron chi connectivity index (χ0n) is 15.9. The van der Waals surface area contributed by atoms with E-state index in [-0.39, 0.29) is 24.4 Å². The van der Waals surface area contributed by atoms with Gasteiger partial charge in [-0.1, -0.05) is 74.5 Å². The second kappa shape index (κ2) is 11.4. The van der Waals surface area contributed by atoms with Crippen molar-refractivity contribution in [3.8, 4) is 0 Å². The van der Waals surface area contributed by atoms with Crippen LogP contribution in [0.4, 0.5) is 0 Å². The van der Waals surface area contributed by atoms with Crippen molar-refractivity contribution in [2.45, 2.75) is 26.7 Å². The molecule has 0 aromatic heterocycles. The lowest BCUT2D eigenvalue weighted by atomic mass is 10.0. The summed E-state index contributed by atoms with van der Waals surface area (Å²) in [6, 6.07) is 17.4. The highest BCUT2D eigenvalue weighted by Crippen LogP contribution is 2.10. The van der Waals surface area contributed by atoms with Crippen LogP contribution in [0.15, 0.2) is 60.7 Å². The first-order chi connectivity index (χ1) is 13.2. The van der Waals surface area contributed by atoms with Crippen molar-refractivity contribution in [2.75, 3.05) is 0 Å². The first-order valence-corrected chi connectivity index (χ1v) is 8.84. The number of aliphatic carboxylic acids is 2. The molecule has 0 aliphatic rings. The highest BCUT2D eigenvalue weighted by molar-refractivity contribution is 5.98. The smallest absolute Gasteiger partial charge is 0.306 e. The van der Waals surface area contributed by atoms with E-state index in [9.17, 15) is 19.2 Å². The highest BCUT2D eigenvalue weighted by atomic mass is 16.4. The lowest BCUT2D eigenvalue weighted by molar-refractivity contribution is -0.141. The van der Waals surface area contributed by atoms with Gasteiger partial charge in [-0.25, -0.2) is 0 Å². The normalized spacial score (nSPS) is 12.1. The van der Waals surface area contributed by atoms with E-state index in [2.05, 4.69) is 0 Å². The van der Waals surface area contributed by atoms with Gasteiger partial charge < -0.3 is 10.2 Å². The molecule has 2 rings (SSSR count). The quantitative estimate of drug-likeness (QED) is 0.667. The molecule has 2 aromatic carbocycles. The molecular formula is C22H24O6. The number of rotatable bonds is 8. The predicted octanol–water partition coefficient (Wildman–Crippen LogP) is 3.96. The number of carboxylic acid groups (broad SMARTS) is 2. The maximum absolute atomic E-state index is 11.5. The van der Waals surface area contributed by atoms with Crippen LogP contribution in [0.25, 0.3) is 0 Å². The molecule has 0 unspecified atom stereocenters. The summed E-state index contributed by atoms with van der Waals surface area (Å²) in [6.45, 7) is 3.06. The third-order valence-electron chi connectivity index (χ3n) is 4.02. The van der Waals surface area contributed by atoms with Gasteiger partial charge in [0.15, 0.2) is 11.6 Å². The Hall–Kier alpha value is -3.28. The summed E-state index contributed by atoms with van der Waals surface area (Å²) < 4.78 is 0. The molecule has 0 heterocycles. The van der Waals surface area contributed by atoms with Gasteiger partial charge in [0.1, 0.15) is 0 Å². The Morgan fingerprint density at radius 2 is 0.929 bits per heavy atom. The van der Waals surface area contributed by atoms with Gasteiger partial charge in [-0.3, -0.25) is 19.2 Å². The fourth-order valence-corrected chi connectivity index (χ4v) is 2.21. The molecule has 0 aliphatic carbocycles. The molecule has 0 saturated carbocycles. The average Bonchev–Trinajstić information content (AvgIpc) is 2.69. The predicted molar refractivity (Wildman–Crippen MR) is 104 cm³/mol. The minimum Gasteiger partial charge on any atom is -0.481 e. The maximum atomic E-state index is 11.5. The fourth-order valence-electron chi connectivity index (χ4n) is 2.21. The van der Waals surface area contributed by atoms with Gasteiger partial charge in [0.2, 0.25) is 0 Å². The summed E-state index contributed by atoms with van der Waals surface area (Å²) in [5.74, 6) is -3.37. The number of hydrogen-bond donors (Lipinski definition) is 2. The van der Waals surface area contributed by atoms with Crippen LogP contribution < -0.4 is 0 Å². The number of carbonyl (C=O) groups excluding carboxylic acids is 2. The van der Waals surface area contributed by atoms with E-state index >= 15 is 0 Å². The Bertz CT molecular complexity index is 729. The monoisotopic (exact) mass is 384 g/mol. The SMILES string of the molecule is C[C@@H](CC(=O)c1ccccc1)C(=O)O.C[C@H](CC(=O)c1ccccc1)C(=O)O. The van der Waals surface area contributed by atoms with Crippen LogP contribution in [0.1, 0.15) is 47.4 Å². The first-order valence-electron chi connectivity index (χ1n) is 8.84. The summed E-state index contributed by atoms with van der Waals surface area (Å²) in [5.41, 5.74) is 1.14. The third kappa shape index (κ3) is 7.95. The molecule has 0 fully saturated rings. The van der Waals surface area contributed by atoms with Crippen LogP contribution in [-0.2, 0) is 9.59 Å². The minimum absolute atomic E-state index is 0.0549. The molecule has 6 heteroatoms. The van der Waals surface area contributed by atoms with Crippen LogP contribution in [0, 0.1) is 11.8 Å². The molecule has 28 heavy (non-hydrogen) atoms. The Morgan fingerprint density at radius 1 is 0.643 bits per heavy atom. The third-order valence-corrected chi connectivity index (χ3v) is 4.02. The van der Waals surface area contributed by atoms with E-state index < -0.39 is 23.8 Å². The maximum Gasteiger partial charge on any atom is 0.306 e. The Kier molecular flexibility index (Phi) is 9.30. The Labute approximate surface area is 163 Å². The molecule has 2 atom stereocenters. The molecule has 0 aliphatic heterocycles. The van der Waals surface area contributed by atoms with Crippen molar-refractivity contribution in [3.05, 3.63) is 71.8 Å². The van der Waals surface area contributed by atoms with Gasteiger partial charge in [0, 0.05) is 24.0 Å². The van der Waals surface area contributed by atoms with E-state index in [1.807, 2.05) is 12.1 Å². The lowest BCUT2D eigenvalue weighted by Gasteiger charge is -2.04. The molecule has 148 valence electrons. The molecular weight excluding hydrogens is 360 g/mol. The molecule has 0 radical (unpaired) electrons. The van der Waals surface area contributed by atoms with Crippen molar-refractivity contribution < 1.29 is 29.4 Å². The average molecular weight is 384 g/mol. The zero-order chi connectivity index (χ0) is 21.1. The van der Waals surface area contributed by atoms with Crippen molar-refractivity contribution in [2.24, 2.45) is 11.8 Å². The van der Waals surface area contributed by atoms with Gasteiger partial charge in [-0.2, -0.15) is 0 Å². The fraction of sp³-hybridized carbons (Fsp3) is 0.273. The first kappa shape index (κ1) is 22.8. The number of Topliss-reactive ketones (excluding diaryl/α,β-unsaturated/α-hetero) is 2. The van der Waals surface area contributed by atoms with Crippen LogP contribution >= 0.6 is 0 Å². The molecule has 0 bridgehead atoms. The zero-order valence-corrected chi connectivity index (χ0v) is 15.9. The topological polar surface area (TPSA) is 109 Å². The Balaban J connectivity index is 0.000000280. The van der Waals surface area contributed by atoms with E-state index in [1.54, 1.807) is 48.5 Å². The van der Waals surface area contributed by atoms with Gasteiger partial charge in [0.25, 0.3) is 0 Å². The van der Waals surface area contributed by atoms with E-state index in [1.165, 1.54) is 13.8 Å². The van der Waals surface area contributed by atoms with E-state index in [0.29, 0.717) is 11.1 Å². The lowest BCUT2D eigenvalue weighted by Crippen LogP contribution is -2.14. The molecule has 0 saturated heterocycles. The van der Waals surface area contributed by atoms with Gasteiger partial charge in [-0.05, 0) is 0 Å². The molecule has 0 spiro atoms. The van der Waals surface area contributed by atoms with Crippen LogP contribution in [0.3, 0.4) is 0 Å². The van der Waals surface area contributed by atoms with Crippen molar-refractivity contribution >= 4 is 23.5 Å². The summed E-state index contributed by atoms with van der Waals surface area (Å²) in [4.78, 5) is 44.0. The van der Waals surface area contributed by atoms with Crippen molar-refractivity contribution in [3.63, 3.8) is 0 Å². The summed E-state index contributed by atoms with van der Waals surface area (Å²) >= 11 is 0. The van der Waals surface area contributed by atoms with E-state index in [0.717, 1.165) is 0 Å². The summed E-state index contributed by atoms with van der Waals surface area (Å²) in [5, 5.41) is 17.3. The van der Waals surface area contributed by atoms with Crippen LogP contribution in [0.2, 0.25) is 0 Å². The molecule has 0 amide bonds. The molecule has 2 N–H and O–H groups in total. The number of carbonyl (C=O) groups is 4. The number of ketones is 2. The summed E-state index contributed by atoms with van der Waals surface area (Å²) in [7, 11) is 0. The molecule has 2 aromatic rings. The van der Waals surface area contributed by atoms with Crippen molar-refractivity contribution in [1.82, 2.24) is 0 Å². The molecule has 6 nitrogen and oxygen atoms in total. The van der Waals surface area contributed by atoms with E-state index in [4.69, 9.17) is 10.2 Å². The Morgan fingerprint density at radius 3 is 1.18 bits per heavy atom. The van der Waals surface area contributed by atoms with Crippen molar-refractivity contribution in [1.29, 1.82) is 0 Å². The second-order valence-corrected chi connectivity index (χ2v) is 6.47. The highest BCUT2D eigenvalue weighted by Gasteiger charge is 2.17. The van der Waals surface area contributed by atoms with Crippen LogP contribution in [0.5, 0.6) is 0 Å². The second-order valence-electron chi connectivity index (χ2n) is 6.47. The van der Waals surface area contributed by atoms with Gasteiger partial charge >= 0.3 is 11.9 Å². The minimum atomic E-state index is -0.936. The summed E-state index contributed by atoms with van der Waals surface area (Å²) in [6.07, 6.45) is 0.110. The van der Waals surface area contributed by atoms with Gasteiger partial charge in [-0.15, -0.1) is 0 Å².